The number of methoxy groups -OCH3 is 1. The Balaban J connectivity index is 1.68. The van der Waals surface area contributed by atoms with Crippen LogP contribution in [0.5, 0.6) is 0 Å². The van der Waals surface area contributed by atoms with E-state index in [1.807, 2.05) is 0 Å². The van der Waals surface area contributed by atoms with Crippen LogP contribution in [0.2, 0.25) is 0 Å². The summed E-state index contributed by atoms with van der Waals surface area (Å²) in [5, 5.41) is 13.5. The van der Waals surface area contributed by atoms with Gasteiger partial charge in [-0.1, -0.05) is 0 Å². The molecule has 2 aliphatic heterocycles. The van der Waals surface area contributed by atoms with Crippen molar-refractivity contribution in [2.45, 2.75) is 12.5 Å². The van der Waals surface area contributed by atoms with Crippen molar-refractivity contribution < 1.29 is 19.2 Å². The molecule has 11 nitrogen and oxygen atoms in total. The summed E-state index contributed by atoms with van der Waals surface area (Å²) in [5.41, 5.74) is 0.654. The predicted molar refractivity (Wildman–Crippen MR) is 98.6 cm³/mol. The summed E-state index contributed by atoms with van der Waals surface area (Å²) in [4.78, 5) is 47.1. The number of hydrogen-bond donors (Lipinski definition) is 1. The first-order valence-corrected chi connectivity index (χ1v) is 8.53. The predicted octanol–water partition coefficient (Wildman–Crippen LogP) is 1.80. The van der Waals surface area contributed by atoms with Gasteiger partial charge in [0.25, 0.3) is 5.69 Å². The number of amides is 2. The van der Waals surface area contributed by atoms with Crippen LogP contribution in [0, 0.1) is 10.1 Å². The van der Waals surface area contributed by atoms with Gasteiger partial charge >= 0.3 is 12.0 Å². The molecule has 1 N–H and O–H groups in total. The molecule has 0 radical (unpaired) electrons. The van der Waals surface area contributed by atoms with Crippen molar-refractivity contribution in [3.8, 4) is 0 Å². The van der Waals surface area contributed by atoms with Gasteiger partial charge in [0, 0.05) is 25.4 Å². The molecule has 1 atom stereocenters. The van der Waals surface area contributed by atoms with Crippen LogP contribution in [-0.2, 0) is 4.74 Å². The van der Waals surface area contributed by atoms with Gasteiger partial charge in [-0.15, -0.1) is 0 Å². The number of carbonyl (C=O) groups is 2. The number of rotatable bonds is 3. The van der Waals surface area contributed by atoms with Crippen LogP contribution in [0.4, 0.5) is 27.8 Å². The van der Waals surface area contributed by atoms with E-state index in [9.17, 15) is 19.7 Å². The van der Waals surface area contributed by atoms with E-state index < -0.39 is 16.9 Å². The molecule has 2 amide bonds. The first-order valence-electron chi connectivity index (χ1n) is 8.53. The van der Waals surface area contributed by atoms with E-state index in [4.69, 9.17) is 4.74 Å². The number of fused-ring (bicyclic) bond motifs is 4. The third kappa shape index (κ3) is 2.96. The van der Waals surface area contributed by atoms with Gasteiger partial charge in [-0.3, -0.25) is 20.3 Å². The van der Waals surface area contributed by atoms with Crippen LogP contribution < -0.4 is 15.1 Å². The zero-order chi connectivity index (χ0) is 19.8. The molecule has 2 aliphatic rings. The standard InChI is InChI=1S/C17H16N6O5/c1-28-16(24)12-2-3-13-15(19-12)22(11-5-7-21(13)9-11)17(25)20-14-8-10(23(26)27)4-6-18-14/h2-4,6,8,11H,5,7,9H2,1H3,(H,18,20,25). The molecule has 0 aromatic carbocycles. The second-order valence-electron chi connectivity index (χ2n) is 6.38. The number of pyridine rings is 2. The number of aromatic nitrogens is 2. The quantitative estimate of drug-likeness (QED) is 0.481. The smallest absolute Gasteiger partial charge is 0.356 e. The molecule has 2 aromatic heterocycles. The van der Waals surface area contributed by atoms with E-state index in [-0.39, 0.29) is 23.2 Å². The number of nitrogens with one attached hydrogen (secondary N) is 1. The molecule has 1 unspecified atom stereocenters. The van der Waals surface area contributed by atoms with E-state index in [1.54, 1.807) is 12.1 Å². The summed E-state index contributed by atoms with van der Waals surface area (Å²) in [6.07, 6.45) is 1.99. The summed E-state index contributed by atoms with van der Waals surface area (Å²) in [6, 6.07) is 5.07. The maximum atomic E-state index is 13.0. The largest absolute Gasteiger partial charge is 0.464 e. The van der Waals surface area contributed by atoms with E-state index in [0.717, 1.165) is 18.7 Å². The second kappa shape index (κ2) is 6.76. The highest BCUT2D eigenvalue weighted by Gasteiger charge is 2.40. The van der Waals surface area contributed by atoms with Crippen LogP contribution >= 0.6 is 0 Å². The number of urea groups is 1. The molecule has 11 heteroatoms. The molecule has 4 rings (SSSR count). The fourth-order valence-corrected chi connectivity index (χ4v) is 3.46. The summed E-state index contributed by atoms with van der Waals surface area (Å²) >= 11 is 0. The molecule has 28 heavy (non-hydrogen) atoms. The first-order chi connectivity index (χ1) is 13.5. The zero-order valence-corrected chi connectivity index (χ0v) is 14.9. The first kappa shape index (κ1) is 17.6. The van der Waals surface area contributed by atoms with Gasteiger partial charge in [0.05, 0.1) is 29.8 Å². The van der Waals surface area contributed by atoms with Gasteiger partial charge in [0.1, 0.15) is 5.82 Å². The average Bonchev–Trinajstić information content (AvgIpc) is 3.11. The van der Waals surface area contributed by atoms with Crippen molar-refractivity contribution in [2.24, 2.45) is 0 Å². The summed E-state index contributed by atoms with van der Waals surface area (Å²) in [5.74, 6) is -0.193. The number of anilines is 3. The van der Waals surface area contributed by atoms with E-state index in [1.165, 1.54) is 30.3 Å². The van der Waals surface area contributed by atoms with Crippen LogP contribution in [0.15, 0.2) is 30.5 Å². The van der Waals surface area contributed by atoms with Crippen LogP contribution in [0.25, 0.3) is 0 Å². The summed E-state index contributed by atoms with van der Waals surface area (Å²) in [6.45, 7) is 1.40. The molecule has 0 spiro atoms. The molecule has 1 fully saturated rings. The Morgan fingerprint density at radius 1 is 1.36 bits per heavy atom. The molecule has 0 saturated carbocycles. The highest BCUT2D eigenvalue weighted by atomic mass is 16.6. The minimum Gasteiger partial charge on any atom is -0.464 e. The average molecular weight is 384 g/mol. The fourth-order valence-electron chi connectivity index (χ4n) is 3.46. The minimum atomic E-state index is -0.601. The molecule has 0 aliphatic carbocycles. The maximum Gasteiger partial charge on any atom is 0.356 e. The zero-order valence-electron chi connectivity index (χ0n) is 14.9. The van der Waals surface area contributed by atoms with E-state index >= 15 is 0 Å². The Labute approximate surface area is 159 Å². The Morgan fingerprint density at radius 2 is 2.18 bits per heavy atom. The van der Waals surface area contributed by atoms with E-state index in [0.29, 0.717) is 12.4 Å². The second-order valence-corrected chi connectivity index (χ2v) is 6.38. The van der Waals surface area contributed by atoms with Gasteiger partial charge in [-0.25, -0.2) is 19.6 Å². The number of carbonyl (C=O) groups excluding carboxylic acids is 2. The lowest BCUT2D eigenvalue weighted by atomic mass is 10.2. The fraction of sp³-hybridized carbons (Fsp3) is 0.294. The highest BCUT2D eigenvalue weighted by molar-refractivity contribution is 6.04. The van der Waals surface area contributed by atoms with Gasteiger partial charge in [0.15, 0.2) is 11.5 Å². The molecule has 1 saturated heterocycles. The molecular weight excluding hydrogens is 368 g/mol. The van der Waals surface area contributed by atoms with Crippen molar-refractivity contribution in [3.05, 3.63) is 46.3 Å². The highest BCUT2D eigenvalue weighted by Crippen LogP contribution is 2.39. The van der Waals surface area contributed by atoms with Crippen molar-refractivity contribution in [1.29, 1.82) is 0 Å². The van der Waals surface area contributed by atoms with Crippen LogP contribution in [0.3, 0.4) is 0 Å². The summed E-state index contributed by atoms with van der Waals surface area (Å²) < 4.78 is 4.72. The van der Waals surface area contributed by atoms with Crippen LogP contribution in [0.1, 0.15) is 16.9 Å². The molecule has 144 valence electrons. The lowest BCUT2D eigenvalue weighted by molar-refractivity contribution is -0.384. The number of hydrogen-bond acceptors (Lipinski definition) is 8. The SMILES string of the molecule is COC(=O)c1ccc2c(n1)N(C(=O)Nc1cc([N+](=O)[O-])ccn1)C1CCN2C1. The van der Waals surface area contributed by atoms with E-state index in [2.05, 4.69) is 20.2 Å². The van der Waals surface area contributed by atoms with Crippen molar-refractivity contribution in [2.75, 3.05) is 35.3 Å². The van der Waals surface area contributed by atoms with Crippen molar-refractivity contribution in [1.82, 2.24) is 9.97 Å². The van der Waals surface area contributed by atoms with Gasteiger partial charge in [-0.05, 0) is 18.6 Å². The molecule has 4 heterocycles. The lowest BCUT2D eigenvalue weighted by Gasteiger charge is -2.35. The van der Waals surface area contributed by atoms with Gasteiger partial charge < -0.3 is 9.64 Å². The molecular formula is C17H16N6O5. The normalized spacial score (nSPS) is 17.1. The maximum absolute atomic E-state index is 13.0. The molecule has 2 bridgehead atoms. The third-order valence-electron chi connectivity index (χ3n) is 4.75. The Bertz CT molecular complexity index is 980. The number of esters is 1. The lowest BCUT2D eigenvalue weighted by Crippen LogP contribution is -2.48. The van der Waals surface area contributed by atoms with Gasteiger partial charge in [-0.2, -0.15) is 0 Å². The van der Waals surface area contributed by atoms with Crippen molar-refractivity contribution >= 4 is 35.0 Å². The van der Waals surface area contributed by atoms with Gasteiger partial charge in [0.2, 0.25) is 0 Å². The Kier molecular flexibility index (Phi) is 4.26. The minimum absolute atomic E-state index is 0.0605. The summed E-state index contributed by atoms with van der Waals surface area (Å²) in [7, 11) is 1.26. The monoisotopic (exact) mass is 384 g/mol. The third-order valence-corrected chi connectivity index (χ3v) is 4.75. The number of nitrogens with zero attached hydrogens (tertiary/aromatic N) is 5. The Hall–Kier alpha value is -3.76. The number of nitro groups is 1. The van der Waals surface area contributed by atoms with Crippen molar-refractivity contribution in [3.63, 3.8) is 0 Å². The molecule has 2 aromatic rings. The Morgan fingerprint density at radius 3 is 2.93 bits per heavy atom. The van der Waals surface area contributed by atoms with Crippen LogP contribution in [-0.4, -0.2) is 53.1 Å². The number of ether oxygens (including phenoxy) is 1. The topological polar surface area (TPSA) is 131 Å².